The summed E-state index contributed by atoms with van der Waals surface area (Å²) in [5, 5.41) is 34.7. The minimum absolute atomic E-state index is 0.00195. The van der Waals surface area contributed by atoms with E-state index in [0.717, 1.165) is 89.3 Å². The maximum absolute atomic E-state index is 14.4. The number of thioether (sulfide) groups is 1. The van der Waals surface area contributed by atoms with Crippen LogP contribution >= 0.6 is 11.8 Å². The number of nitrogens with zero attached hydrogens (tertiary/aromatic N) is 4. The van der Waals surface area contributed by atoms with E-state index in [9.17, 15) is 19.5 Å². The van der Waals surface area contributed by atoms with Crippen LogP contribution in [0, 0.1) is 35.5 Å². The van der Waals surface area contributed by atoms with Gasteiger partial charge in [-0.05, 0) is 94.8 Å². The van der Waals surface area contributed by atoms with Crippen molar-refractivity contribution in [2.24, 2.45) is 35.5 Å². The summed E-state index contributed by atoms with van der Waals surface area (Å²) in [7, 11) is 0. The van der Waals surface area contributed by atoms with Gasteiger partial charge in [-0.25, -0.2) is 15.4 Å². The van der Waals surface area contributed by atoms with Crippen LogP contribution in [-0.2, 0) is 33.3 Å². The summed E-state index contributed by atoms with van der Waals surface area (Å²) in [6.07, 6.45) is 15.6. The van der Waals surface area contributed by atoms with Crippen LogP contribution in [0.4, 0.5) is 0 Å². The second-order valence-corrected chi connectivity index (χ2v) is 25.9. The van der Waals surface area contributed by atoms with Crippen LogP contribution < -0.4 is 43.0 Å². The number of amides is 3. The number of hydrogen-bond acceptors (Lipinski definition) is 18. The van der Waals surface area contributed by atoms with Crippen molar-refractivity contribution in [1.82, 2.24) is 62.8 Å². The summed E-state index contributed by atoms with van der Waals surface area (Å²) in [4.78, 5) is 45.4. The largest absolute Gasteiger partial charge is 0.391 e. The molecule has 3 saturated carbocycles. The molecule has 6 heterocycles. The molecule has 6 saturated heterocycles. The van der Waals surface area contributed by atoms with E-state index in [4.69, 9.17) is 18.9 Å². The van der Waals surface area contributed by atoms with E-state index in [2.05, 4.69) is 73.8 Å². The number of carbonyl (C=O) groups is 3. The standard InChI is InChI=1S/C56H102N12O8S/c1-6-38(7-2)47-29-51(68-50(62-47)16-17-60-68)61-43-15-14-42(27-43)57-31-44-33-65(64-63-44)18-19-73-20-21-74-22-23-75-24-25-76-49-26-39(53-37(5)59-35-77-53)12-13-40(49)30-58-54(70)48-28-45(69)34-66(48)56(72)52(36(3)4)67-32-41-10-8-9-11-46(41)55(67)71/h36-53,57,59-64,69H,6-35H2,1-5H3,(H,58,70)/t37?,39?,40?,41?,42-,43-,44?,45+,46?,47?,48-,49?,50?,51?,52-,53?/m0/s1. The smallest absolute Gasteiger partial charge is 0.246 e. The van der Waals surface area contributed by atoms with Crippen LogP contribution in [0.25, 0.3) is 0 Å². The van der Waals surface area contributed by atoms with Gasteiger partial charge < -0.3 is 49.8 Å². The topological polar surface area (TPSA) is 218 Å². The fourth-order valence-electron chi connectivity index (χ4n) is 15.0. The van der Waals surface area contributed by atoms with E-state index in [0.29, 0.717) is 119 Å². The van der Waals surface area contributed by atoms with E-state index in [-0.39, 0.29) is 54.5 Å². The van der Waals surface area contributed by atoms with E-state index >= 15 is 0 Å². The minimum atomic E-state index is -0.792. The molecule has 0 aromatic rings. The van der Waals surface area contributed by atoms with Crippen molar-refractivity contribution in [3.8, 4) is 0 Å². The number of aliphatic hydroxyl groups excluding tert-OH is 1. The van der Waals surface area contributed by atoms with Crippen LogP contribution in [0.1, 0.15) is 131 Å². The molecule has 0 spiro atoms. The van der Waals surface area contributed by atoms with Gasteiger partial charge in [0.25, 0.3) is 0 Å². The Morgan fingerprint density at radius 2 is 1.60 bits per heavy atom. The highest BCUT2D eigenvalue weighted by Gasteiger charge is 2.50. The molecule has 77 heavy (non-hydrogen) atoms. The van der Waals surface area contributed by atoms with Crippen molar-refractivity contribution in [2.75, 3.05) is 97.9 Å². The fourth-order valence-corrected chi connectivity index (χ4v) is 16.4. The van der Waals surface area contributed by atoms with Crippen LogP contribution in [0.5, 0.6) is 0 Å². The van der Waals surface area contributed by atoms with Gasteiger partial charge in [0.05, 0.1) is 70.8 Å². The van der Waals surface area contributed by atoms with Gasteiger partial charge >= 0.3 is 0 Å². The number of β-amino-alcohol motifs (C(OH)–C–C–N with tert-alkyl or cyclic N) is 1. The zero-order valence-corrected chi connectivity index (χ0v) is 48.4. The number of likely N-dealkylation sites (tertiary alicyclic amines) is 2. The molecular formula is C56H102N12O8S. The number of carbonyl (C=O) groups excluding carboxylic acids is 3. The van der Waals surface area contributed by atoms with Crippen molar-refractivity contribution >= 4 is 29.5 Å². The molecule has 9 rings (SSSR count). The zero-order valence-electron chi connectivity index (χ0n) is 47.6. The first kappa shape index (κ1) is 59.8. The summed E-state index contributed by atoms with van der Waals surface area (Å²) >= 11 is 2.00. The third-order valence-corrected chi connectivity index (χ3v) is 20.8. The third kappa shape index (κ3) is 15.7. The zero-order chi connectivity index (χ0) is 53.8. The number of ether oxygens (including phenoxy) is 4. The lowest BCUT2D eigenvalue weighted by molar-refractivity contribution is -0.149. The molecule has 9 aliphatic rings. The molecule has 0 aromatic heterocycles. The lowest BCUT2D eigenvalue weighted by atomic mass is 9.77. The Morgan fingerprint density at radius 1 is 0.831 bits per heavy atom. The highest BCUT2D eigenvalue weighted by molar-refractivity contribution is 8.00. The highest BCUT2D eigenvalue weighted by Crippen LogP contribution is 2.41. The molecule has 0 aromatic carbocycles. The second-order valence-electron chi connectivity index (χ2n) is 24.7. The Labute approximate surface area is 465 Å². The molecule has 440 valence electrons. The van der Waals surface area contributed by atoms with E-state index in [1.54, 1.807) is 9.80 Å². The molecule has 0 bridgehead atoms. The van der Waals surface area contributed by atoms with Crippen molar-refractivity contribution in [2.45, 2.75) is 203 Å². The molecule has 3 aliphatic carbocycles. The summed E-state index contributed by atoms with van der Waals surface area (Å²) in [6, 6.07) is 1.03. The average Bonchev–Trinajstić information content (AvgIpc) is 4.33. The number of aliphatic hydroxyl groups is 1. The number of hydrogen-bond donors (Lipinski definition) is 9. The summed E-state index contributed by atoms with van der Waals surface area (Å²) < 4.78 is 24.3. The molecule has 20 nitrogen and oxygen atoms in total. The Hall–Kier alpha value is -1.80. The number of hydrazine groups is 3. The summed E-state index contributed by atoms with van der Waals surface area (Å²) in [6.45, 7) is 19.2. The van der Waals surface area contributed by atoms with Crippen LogP contribution in [0.3, 0.4) is 0 Å². The first-order chi connectivity index (χ1) is 37.5. The molecule has 9 N–H and O–H groups in total. The first-order valence-corrected chi connectivity index (χ1v) is 31.8. The number of rotatable bonds is 28. The molecule has 0 radical (unpaired) electrons. The Kier molecular flexibility index (Phi) is 22.9. The Morgan fingerprint density at radius 3 is 2.35 bits per heavy atom. The van der Waals surface area contributed by atoms with Gasteiger partial charge in [-0.2, -0.15) is 5.53 Å². The maximum Gasteiger partial charge on any atom is 0.246 e. The number of fused-ring (bicyclic) bond motifs is 2. The lowest BCUT2D eigenvalue weighted by Crippen LogP contribution is -2.66. The van der Waals surface area contributed by atoms with Gasteiger partial charge in [0.2, 0.25) is 17.7 Å². The normalized spacial score (nSPS) is 36.4. The first-order valence-electron chi connectivity index (χ1n) is 30.8. The van der Waals surface area contributed by atoms with Gasteiger partial charge in [0.15, 0.2) is 0 Å². The SMILES string of the molecule is CCC(CC)C1CC(N[C@H]2CC[C@H](NCC3CN(CCOCCOCCOCCOC4CC(C5SCNC5C)CCC4CNC(=O)[C@@H]4C[C@@H](O)CN4C(=O)[C@H](C(C)C)N4CC5CCCCC5C4=O)NN3)C2)N2NCCC2N1. The van der Waals surface area contributed by atoms with Crippen LogP contribution in [-0.4, -0.2) is 213 Å². The maximum atomic E-state index is 14.4. The van der Waals surface area contributed by atoms with Gasteiger partial charge in [-0.1, -0.05) is 53.4 Å². The van der Waals surface area contributed by atoms with Crippen molar-refractivity contribution in [1.29, 1.82) is 0 Å². The lowest BCUT2D eigenvalue weighted by Gasteiger charge is -2.45. The monoisotopic (exact) mass is 1100 g/mol. The third-order valence-electron chi connectivity index (χ3n) is 19.2. The molecule has 11 unspecified atom stereocenters. The van der Waals surface area contributed by atoms with E-state index in [1.807, 2.05) is 25.6 Å². The van der Waals surface area contributed by atoms with Crippen molar-refractivity contribution < 1.29 is 38.4 Å². The van der Waals surface area contributed by atoms with Gasteiger partial charge in [0.1, 0.15) is 12.1 Å². The predicted octanol–water partition coefficient (Wildman–Crippen LogP) is 2.09. The quantitative estimate of drug-likeness (QED) is 0.0513. The van der Waals surface area contributed by atoms with Gasteiger partial charge in [-0.3, -0.25) is 30.4 Å². The molecule has 6 aliphatic heterocycles. The van der Waals surface area contributed by atoms with E-state index < -0.39 is 18.2 Å². The van der Waals surface area contributed by atoms with Gasteiger partial charge in [0, 0.05) is 105 Å². The molecule has 3 amide bonds. The molecule has 9 fully saturated rings. The summed E-state index contributed by atoms with van der Waals surface area (Å²) in [5.74, 6) is 2.12. The summed E-state index contributed by atoms with van der Waals surface area (Å²) in [5.41, 5.74) is 10.5. The fraction of sp³-hybridized carbons (Fsp3) is 0.946. The second kappa shape index (κ2) is 29.4. The molecular weight excluding hydrogens is 1000 g/mol. The average molecular weight is 1100 g/mol. The number of nitrogens with one attached hydrogen (secondary N) is 8. The van der Waals surface area contributed by atoms with Crippen molar-refractivity contribution in [3.05, 3.63) is 0 Å². The van der Waals surface area contributed by atoms with Crippen LogP contribution in [0.15, 0.2) is 0 Å². The van der Waals surface area contributed by atoms with Crippen LogP contribution in [0.2, 0.25) is 0 Å². The Balaban J connectivity index is 0.623. The van der Waals surface area contributed by atoms with E-state index in [1.165, 1.54) is 38.5 Å². The van der Waals surface area contributed by atoms with Crippen molar-refractivity contribution in [3.63, 3.8) is 0 Å². The minimum Gasteiger partial charge on any atom is -0.391 e. The Bertz CT molecular complexity index is 1850. The molecule has 16 atom stereocenters. The highest BCUT2D eigenvalue weighted by atomic mass is 32.2. The van der Waals surface area contributed by atoms with Gasteiger partial charge in [-0.15, -0.1) is 11.8 Å². The molecule has 21 heteroatoms. The predicted molar refractivity (Wildman–Crippen MR) is 299 cm³/mol.